The quantitative estimate of drug-likeness (QED) is 0.890. The lowest BCUT2D eigenvalue weighted by Gasteiger charge is -2.16. The molecule has 1 fully saturated rings. The summed E-state index contributed by atoms with van der Waals surface area (Å²) in [6.07, 6.45) is 3.41. The third kappa shape index (κ3) is 3.10. The Labute approximate surface area is 122 Å². The summed E-state index contributed by atoms with van der Waals surface area (Å²) in [5.41, 5.74) is 1.69. The summed E-state index contributed by atoms with van der Waals surface area (Å²) in [6.45, 7) is 1.01. The van der Waals surface area contributed by atoms with Gasteiger partial charge in [-0.1, -0.05) is 30.3 Å². The molecule has 108 valence electrons. The van der Waals surface area contributed by atoms with E-state index in [0.29, 0.717) is 18.8 Å². The van der Waals surface area contributed by atoms with Gasteiger partial charge in [-0.05, 0) is 5.56 Å². The standard InChI is InChI=1S/C15H16N4O2/c20-14-6-12(15(21)18-13-7-16-17-8-13)10-19(14)9-11-4-2-1-3-5-11/h1-5,7-8,12H,6,9-10H2,(H,16,17)(H,18,21)/t12-/m0/s1. The van der Waals surface area contributed by atoms with Crippen molar-refractivity contribution < 1.29 is 9.59 Å². The Bertz CT molecular complexity index is 624. The Kier molecular flexibility index (Phi) is 3.68. The molecule has 0 radical (unpaired) electrons. The molecule has 1 saturated heterocycles. The van der Waals surface area contributed by atoms with Gasteiger partial charge in [-0.3, -0.25) is 14.7 Å². The van der Waals surface area contributed by atoms with Gasteiger partial charge in [0.25, 0.3) is 0 Å². The zero-order valence-corrected chi connectivity index (χ0v) is 11.5. The molecule has 2 heterocycles. The molecule has 0 aliphatic carbocycles. The van der Waals surface area contributed by atoms with Crippen molar-refractivity contribution >= 4 is 17.5 Å². The van der Waals surface area contributed by atoms with Crippen molar-refractivity contribution in [2.75, 3.05) is 11.9 Å². The zero-order valence-electron chi connectivity index (χ0n) is 11.5. The van der Waals surface area contributed by atoms with Gasteiger partial charge in [-0.2, -0.15) is 5.10 Å². The van der Waals surface area contributed by atoms with E-state index in [4.69, 9.17) is 0 Å². The van der Waals surface area contributed by atoms with Gasteiger partial charge < -0.3 is 10.2 Å². The second-order valence-electron chi connectivity index (χ2n) is 5.14. The molecule has 0 bridgehead atoms. The molecule has 1 aliphatic rings. The Morgan fingerprint density at radius 2 is 2.19 bits per heavy atom. The molecule has 6 heteroatoms. The number of rotatable bonds is 4. The lowest BCUT2D eigenvalue weighted by atomic mass is 10.1. The van der Waals surface area contributed by atoms with E-state index in [1.807, 2.05) is 30.3 Å². The van der Waals surface area contributed by atoms with Crippen LogP contribution in [0.4, 0.5) is 5.69 Å². The number of nitrogens with one attached hydrogen (secondary N) is 2. The summed E-state index contributed by atoms with van der Waals surface area (Å²) in [4.78, 5) is 25.9. The van der Waals surface area contributed by atoms with Crippen LogP contribution >= 0.6 is 0 Å². The monoisotopic (exact) mass is 284 g/mol. The van der Waals surface area contributed by atoms with E-state index in [1.165, 1.54) is 6.20 Å². The molecule has 6 nitrogen and oxygen atoms in total. The average molecular weight is 284 g/mol. The normalized spacial score (nSPS) is 18.0. The minimum atomic E-state index is -0.309. The first-order valence-electron chi connectivity index (χ1n) is 6.84. The predicted octanol–water partition coefficient (Wildman–Crippen LogP) is 1.40. The number of aromatic nitrogens is 2. The second kappa shape index (κ2) is 5.78. The van der Waals surface area contributed by atoms with Crippen molar-refractivity contribution in [3.63, 3.8) is 0 Å². The smallest absolute Gasteiger partial charge is 0.229 e. The topological polar surface area (TPSA) is 78.1 Å². The highest BCUT2D eigenvalue weighted by atomic mass is 16.2. The molecule has 21 heavy (non-hydrogen) atoms. The van der Waals surface area contributed by atoms with Crippen molar-refractivity contribution in [2.24, 2.45) is 5.92 Å². The van der Waals surface area contributed by atoms with Crippen LogP contribution in [-0.2, 0) is 16.1 Å². The van der Waals surface area contributed by atoms with Gasteiger partial charge in [0.15, 0.2) is 0 Å². The van der Waals surface area contributed by atoms with Gasteiger partial charge in [0.05, 0.1) is 17.8 Å². The van der Waals surface area contributed by atoms with E-state index in [0.717, 1.165) is 5.56 Å². The van der Waals surface area contributed by atoms with E-state index in [-0.39, 0.29) is 24.2 Å². The number of carbonyl (C=O) groups excluding carboxylic acids is 2. The fraction of sp³-hybridized carbons (Fsp3) is 0.267. The highest BCUT2D eigenvalue weighted by Crippen LogP contribution is 2.21. The predicted molar refractivity (Wildman–Crippen MR) is 77.2 cm³/mol. The maximum Gasteiger partial charge on any atom is 0.229 e. The molecular weight excluding hydrogens is 268 g/mol. The number of nitrogens with zero attached hydrogens (tertiary/aromatic N) is 2. The van der Waals surface area contributed by atoms with Crippen LogP contribution in [0.5, 0.6) is 0 Å². The van der Waals surface area contributed by atoms with Gasteiger partial charge in [0.1, 0.15) is 0 Å². The first kappa shape index (κ1) is 13.4. The average Bonchev–Trinajstić information content (AvgIpc) is 3.11. The number of amides is 2. The molecule has 2 aromatic rings. The Balaban J connectivity index is 1.60. The maximum atomic E-state index is 12.1. The van der Waals surface area contributed by atoms with Crippen LogP contribution in [0.15, 0.2) is 42.7 Å². The Morgan fingerprint density at radius 1 is 1.38 bits per heavy atom. The molecule has 1 aliphatic heterocycles. The number of aromatic amines is 1. The highest BCUT2D eigenvalue weighted by molar-refractivity contribution is 5.97. The molecular formula is C15H16N4O2. The minimum Gasteiger partial charge on any atom is -0.338 e. The van der Waals surface area contributed by atoms with Crippen LogP contribution in [0.1, 0.15) is 12.0 Å². The summed E-state index contributed by atoms with van der Waals surface area (Å²) in [5, 5.41) is 9.16. The number of hydrogen-bond donors (Lipinski definition) is 2. The highest BCUT2D eigenvalue weighted by Gasteiger charge is 2.34. The van der Waals surface area contributed by atoms with Gasteiger partial charge in [-0.15, -0.1) is 0 Å². The van der Waals surface area contributed by atoms with Crippen molar-refractivity contribution in [1.82, 2.24) is 15.1 Å². The van der Waals surface area contributed by atoms with Crippen LogP contribution < -0.4 is 5.32 Å². The van der Waals surface area contributed by atoms with E-state index in [1.54, 1.807) is 11.1 Å². The van der Waals surface area contributed by atoms with Crippen molar-refractivity contribution in [1.29, 1.82) is 0 Å². The second-order valence-corrected chi connectivity index (χ2v) is 5.14. The number of benzene rings is 1. The number of likely N-dealkylation sites (tertiary alicyclic amines) is 1. The first-order chi connectivity index (χ1) is 10.2. The summed E-state index contributed by atoms with van der Waals surface area (Å²) in [6, 6.07) is 9.78. The maximum absolute atomic E-state index is 12.1. The number of H-pyrrole nitrogens is 1. The molecule has 0 spiro atoms. The zero-order chi connectivity index (χ0) is 14.7. The largest absolute Gasteiger partial charge is 0.338 e. The van der Waals surface area contributed by atoms with Crippen molar-refractivity contribution in [3.05, 3.63) is 48.3 Å². The van der Waals surface area contributed by atoms with Crippen LogP contribution in [-0.4, -0.2) is 33.5 Å². The molecule has 3 rings (SSSR count). The van der Waals surface area contributed by atoms with Crippen LogP contribution in [0, 0.1) is 5.92 Å². The van der Waals surface area contributed by atoms with Gasteiger partial charge in [-0.25, -0.2) is 0 Å². The number of carbonyl (C=O) groups is 2. The fourth-order valence-corrected chi connectivity index (χ4v) is 2.47. The number of hydrogen-bond acceptors (Lipinski definition) is 3. The van der Waals surface area contributed by atoms with E-state index in [2.05, 4.69) is 15.5 Å². The van der Waals surface area contributed by atoms with Crippen LogP contribution in [0.3, 0.4) is 0 Å². The summed E-state index contributed by atoms with van der Waals surface area (Å²) < 4.78 is 0. The van der Waals surface area contributed by atoms with Gasteiger partial charge >= 0.3 is 0 Å². The molecule has 0 unspecified atom stereocenters. The Morgan fingerprint density at radius 3 is 2.90 bits per heavy atom. The minimum absolute atomic E-state index is 0.0196. The van der Waals surface area contributed by atoms with Crippen molar-refractivity contribution in [2.45, 2.75) is 13.0 Å². The summed E-state index contributed by atoms with van der Waals surface area (Å²) >= 11 is 0. The SMILES string of the molecule is O=C(Nc1cn[nH]c1)[C@H]1CC(=O)N(Cc2ccccc2)C1. The molecule has 1 atom stereocenters. The Hall–Kier alpha value is -2.63. The third-order valence-electron chi connectivity index (χ3n) is 3.57. The molecule has 2 amide bonds. The fourth-order valence-electron chi connectivity index (χ4n) is 2.47. The summed E-state index contributed by atoms with van der Waals surface area (Å²) in [7, 11) is 0. The first-order valence-corrected chi connectivity index (χ1v) is 6.84. The van der Waals surface area contributed by atoms with E-state index in [9.17, 15) is 9.59 Å². The van der Waals surface area contributed by atoms with Crippen LogP contribution in [0.2, 0.25) is 0 Å². The lowest BCUT2D eigenvalue weighted by molar-refractivity contribution is -0.128. The molecule has 0 saturated carbocycles. The number of anilines is 1. The van der Waals surface area contributed by atoms with Gasteiger partial charge in [0.2, 0.25) is 11.8 Å². The van der Waals surface area contributed by atoms with E-state index < -0.39 is 0 Å². The van der Waals surface area contributed by atoms with Crippen LogP contribution in [0.25, 0.3) is 0 Å². The molecule has 1 aromatic heterocycles. The lowest BCUT2D eigenvalue weighted by Crippen LogP contribution is -2.27. The summed E-state index contributed by atoms with van der Waals surface area (Å²) in [5.74, 6) is -0.428. The third-order valence-corrected chi connectivity index (χ3v) is 3.57. The van der Waals surface area contributed by atoms with E-state index >= 15 is 0 Å². The van der Waals surface area contributed by atoms with Crippen molar-refractivity contribution in [3.8, 4) is 0 Å². The van der Waals surface area contributed by atoms with Gasteiger partial charge in [0, 0.05) is 25.7 Å². The molecule has 1 aromatic carbocycles. The molecule has 2 N–H and O–H groups in total.